The summed E-state index contributed by atoms with van der Waals surface area (Å²) in [5.41, 5.74) is 0. The molecule has 3 heteroatoms. The molecule has 1 unspecified atom stereocenters. The predicted molar refractivity (Wildman–Crippen MR) is 30.2 cm³/mol. The topological polar surface area (TPSA) is 46.5 Å². The second-order valence-corrected chi connectivity index (χ2v) is 1.47. The average Bonchev–Trinajstić information content (AvgIpc) is 1.82. The van der Waals surface area contributed by atoms with E-state index < -0.39 is 12.1 Å². The van der Waals surface area contributed by atoms with E-state index in [9.17, 15) is 4.79 Å². The first-order valence-electron chi connectivity index (χ1n) is 2.37. The summed E-state index contributed by atoms with van der Waals surface area (Å²) >= 11 is 0. The minimum absolute atomic E-state index is 0.194. The van der Waals surface area contributed by atoms with Crippen molar-refractivity contribution >= 4 is 5.97 Å². The summed E-state index contributed by atoms with van der Waals surface area (Å²) in [4.78, 5) is 9.92. The highest BCUT2D eigenvalue weighted by atomic mass is 16.5. The molecule has 0 spiro atoms. The van der Waals surface area contributed by atoms with Gasteiger partial charge in [-0.25, -0.2) is 0 Å². The maximum absolute atomic E-state index is 9.92. The van der Waals surface area contributed by atoms with E-state index in [1.165, 1.54) is 7.11 Å². The molecule has 1 radical (unpaired) electrons. The van der Waals surface area contributed by atoms with Crippen molar-refractivity contribution in [2.24, 2.45) is 0 Å². The lowest BCUT2D eigenvalue weighted by Gasteiger charge is -2.01. The number of carboxylic acid groups (broad SMARTS) is 1. The molecule has 0 aromatic heterocycles. The summed E-state index contributed by atoms with van der Waals surface area (Å²) in [6.07, 6.45) is 5.61. The van der Waals surface area contributed by atoms with Crippen LogP contribution in [-0.4, -0.2) is 24.3 Å². The Kier molecular flexibility index (Phi) is 3.49. The molecular formula is C6H7O3. The number of aliphatic carboxylic acids is 1. The summed E-state index contributed by atoms with van der Waals surface area (Å²) in [6, 6.07) is 0. The minimum Gasteiger partial charge on any atom is -0.481 e. The quantitative estimate of drug-likeness (QED) is 0.545. The SMILES string of the molecule is [C]#CC(CC(=O)O)OC. The van der Waals surface area contributed by atoms with E-state index in [0.29, 0.717) is 0 Å². The van der Waals surface area contributed by atoms with Crippen LogP contribution in [0.15, 0.2) is 0 Å². The van der Waals surface area contributed by atoms with Gasteiger partial charge in [-0.1, -0.05) is 5.92 Å². The summed E-state index contributed by atoms with van der Waals surface area (Å²) in [5, 5.41) is 8.14. The molecule has 0 aliphatic rings. The predicted octanol–water partition coefficient (Wildman–Crippen LogP) is 0.0659. The Bertz CT molecular complexity index is 134. The molecule has 0 aliphatic heterocycles. The Balaban J connectivity index is 3.60. The summed E-state index contributed by atoms with van der Waals surface area (Å²) < 4.78 is 4.53. The van der Waals surface area contributed by atoms with Crippen molar-refractivity contribution < 1.29 is 14.6 Å². The molecule has 0 aliphatic carbocycles. The minimum atomic E-state index is -0.985. The molecule has 1 atom stereocenters. The molecule has 0 aromatic carbocycles. The number of carboxylic acids is 1. The van der Waals surface area contributed by atoms with E-state index in [1.807, 2.05) is 5.92 Å². The second-order valence-electron chi connectivity index (χ2n) is 1.47. The first-order chi connectivity index (χ1) is 4.20. The lowest BCUT2D eigenvalue weighted by atomic mass is 10.3. The lowest BCUT2D eigenvalue weighted by Crippen LogP contribution is -2.12. The number of rotatable bonds is 3. The van der Waals surface area contributed by atoms with Gasteiger partial charge < -0.3 is 9.84 Å². The Hall–Kier alpha value is -1.01. The molecule has 3 nitrogen and oxygen atoms in total. The molecule has 0 amide bonds. The number of ether oxygens (including phenoxy) is 1. The van der Waals surface area contributed by atoms with Crippen molar-refractivity contribution in [3.05, 3.63) is 6.42 Å². The number of hydrogen-bond acceptors (Lipinski definition) is 2. The maximum atomic E-state index is 9.92. The van der Waals surface area contributed by atoms with E-state index in [1.54, 1.807) is 0 Å². The summed E-state index contributed by atoms with van der Waals surface area (Å²) in [5.74, 6) is 0.945. The van der Waals surface area contributed by atoms with E-state index in [2.05, 4.69) is 4.74 Å². The van der Waals surface area contributed by atoms with Gasteiger partial charge in [0.2, 0.25) is 0 Å². The zero-order valence-corrected chi connectivity index (χ0v) is 5.05. The standard InChI is InChI=1S/C6H7O3/c1-3-5(9-2)4-6(7)8/h5H,4H2,2H3,(H,7,8). The molecule has 49 valence electrons. The van der Waals surface area contributed by atoms with E-state index in [-0.39, 0.29) is 6.42 Å². The van der Waals surface area contributed by atoms with Gasteiger partial charge in [-0.2, -0.15) is 0 Å². The molecule has 0 rings (SSSR count). The van der Waals surface area contributed by atoms with Crippen molar-refractivity contribution in [2.75, 3.05) is 7.11 Å². The molecule has 9 heavy (non-hydrogen) atoms. The highest BCUT2D eigenvalue weighted by Gasteiger charge is 2.07. The highest BCUT2D eigenvalue weighted by molar-refractivity contribution is 5.67. The van der Waals surface area contributed by atoms with Crippen LogP contribution in [0.1, 0.15) is 6.42 Å². The average molecular weight is 127 g/mol. The molecule has 0 heterocycles. The number of carbonyl (C=O) groups is 1. The second kappa shape index (κ2) is 3.93. The van der Waals surface area contributed by atoms with Gasteiger partial charge in [0.05, 0.1) is 6.42 Å². The van der Waals surface area contributed by atoms with E-state index >= 15 is 0 Å². The third-order valence-electron chi connectivity index (χ3n) is 0.806. The largest absolute Gasteiger partial charge is 0.481 e. The Morgan fingerprint density at radius 3 is 2.67 bits per heavy atom. The first kappa shape index (κ1) is 7.99. The van der Waals surface area contributed by atoms with Crippen molar-refractivity contribution in [1.82, 2.24) is 0 Å². The van der Waals surface area contributed by atoms with Crippen LogP contribution >= 0.6 is 0 Å². The number of hydrogen-bond donors (Lipinski definition) is 1. The van der Waals surface area contributed by atoms with Gasteiger partial charge in [0.15, 0.2) is 0 Å². The van der Waals surface area contributed by atoms with Gasteiger partial charge >= 0.3 is 5.97 Å². The molecule has 0 aromatic rings. The third kappa shape index (κ3) is 3.56. The number of methoxy groups -OCH3 is 1. The Morgan fingerprint density at radius 2 is 2.56 bits per heavy atom. The molecule has 1 N–H and O–H groups in total. The Morgan fingerprint density at radius 1 is 2.00 bits per heavy atom. The Labute approximate surface area is 53.6 Å². The van der Waals surface area contributed by atoms with Gasteiger partial charge in [0.1, 0.15) is 6.10 Å². The van der Waals surface area contributed by atoms with Gasteiger partial charge in [-0.15, -0.1) is 0 Å². The normalized spacial score (nSPS) is 12.0. The zero-order valence-electron chi connectivity index (χ0n) is 5.05. The molecule has 0 fully saturated rings. The van der Waals surface area contributed by atoms with Crippen molar-refractivity contribution in [1.29, 1.82) is 0 Å². The van der Waals surface area contributed by atoms with Crippen LogP contribution in [0.3, 0.4) is 0 Å². The van der Waals surface area contributed by atoms with E-state index in [4.69, 9.17) is 11.5 Å². The molecule has 0 bridgehead atoms. The third-order valence-corrected chi connectivity index (χ3v) is 0.806. The van der Waals surface area contributed by atoms with Gasteiger partial charge in [0, 0.05) is 7.11 Å². The van der Waals surface area contributed by atoms with Crippen LogP contribution in [0.25, 0.3) is 0 Å². The molecule has 0 saturated carbocycles. The summed E-state index contributed by atoms with van der Waals surface area (Å²) in [6.45, 7) is 0. The van der Waals surface area contributed by atoms with Crippen LogP contribution in [0.4, 0.5) is 0 Å². The lowest BCUT2D eigenvalue weighted by molar-refractivity contribution is -0.138. The monoisotopic (exact) mass is 127 g/mol. The van der Waals surface area contributed by atoms with Crippen LogP contribution in [0.5, 0.6) is 0 Å². The molecular weight excluding hydrogens is 120 g/mol. The van der Waals surface area contributed by atoms with Gasteiger partial charge in [0.25, 0.3) is 0 Å². The van der Waals surface area contributed by atoms with Crippen molar-refractivity contribution in [3.8, 4) is 5.92 Å². The zero-order chi connectivity index (χ0) is 7.28. The highest BCUT2D eigenvalue weighted by Crippen LogP contribution is 1.93. The van der Waals surface area contributed by atoms with Crippen LogP contribution < -0.4 is 0 Å². The van der Waals surface area contributed by atoms with Gasteiger partial charge in [-0.05, 0) is 6.42 Å². The smallest absolute Gasteiger partial charge is 0.307 e. The van der Waals surface area contributed by atoms with E-state index in [0.717, 1.165) is 0 Å². The van der Waals surface area contributed by atoms with Crippen LogP contribution in [0, 0.1) is 12.3 Å². The fourth-order valence-corrected chi connectivity index (χ4v) is 0.352. The van der Waals surface area contributed by atoms with Crippen LogP contribution in [-0.2, 0) is 9.53 Å². The first-order valence-corrected chi connectivity index (χ1v) is 2.37. The van der Waals surface area contributed by atoms with Crippen molar-refractivity contribution in [2.45, 2.75) is 12.5 Å². The fraction of sp³-hybridized carbons (Fsp3) is 0.500. The van der Waals surface area contributed by atoms with Crippen LogP contribution in [0.2, 0.25) is 0 Å². The summed E-state index contributed by atoms with van der Waals surface area (Å²) in [7, 11) is 1.34. The van der Waals surface area contributed by atoms with Crippen molar-refractivity contribution in [3.63, 3.8) is 0 Å². The fourth-order valence-electron chi connectivity index (χ4n) is 0.352. The maximum Gasteiger partial charge on any atom is 0.307 e. The van der Waals surface area contributed by atoms with Gasteiger partial charge in [-0.3, -0.25) is 4.79 Å². The molecule has 0 saturated heterocycles.